The highest BCUT2D eigenvalue weighted by Crippen LogP contribution is 2.29. The third kappa shape index (κ3) is 2.98. The second-order valence-corrected chi connectivity index (χ2v) is 5.82. The third-order valence-electron chi connectivity index (χ3n) is 2.81. The highest BCUT2D eigenvalue weighted by molar-refractivity contribution is 9.10. The minimum atomic E-state index is 0.920. The molecule has 0 saturated carbocycles. The predicted octanol–water partition coefficient (Wildman–Crippen LogP) is 4.52. The van der Waals surface area contributed by atoms with Gasteiger partial charge in [0, 0.05) is 17.2 Å². The summed E-state index contributed by atoms with van der Waals surface area (Å²) in [4.78, 5) is 1.30. The summed E-state index contributed by atoms with van der Waals surface area (Å²) >= 11 is 5.53. The predicted molar refractivity (Wildman–Crippen MR) is 81.0 cm³/mol. The molecule has 2 rings (SSSR count). The van der Waals surface area contributed by atoms with Crippen molar-refractivity contribution in [3.63, 3.8) is 0 Å². The molecule has 0 aliphatic heterocycles. The van der Waals surface area contributed by atoms with E-state index in [4.69, 9.17) is 0 Å². The minimum Gasteiger partial charge on any atom is -0.268 e. The zero-order chi connectivity index (χ0) is 13.0. The van der Waals surface area contributed by atoms with Gasteiger partial charge in [-0.25, -0.2) is 0 Å². The summed E-state index contributed by atoms with van der Waals surface area (Å²) in [6.07, 6.45) is 0.969. The van der Waals surface area contributed by atoms with Crippen LogP contribution in [0.1, 0.15) is 25.2 Å². The lowest BCUT2D eigenvalue weighted by Crippen LogP contribution is -2.01. The molecule has 0 radical (unpaired) electrons. The summed E-state index contributed by atoms with van der Waals surface area (Å²) in [6, 6.07) is 10.5. The lowest BCUT2D eigenvalue weighted by atomic mass is 10.3. The Bertz CT molecular complexity index is 508. The highest BCUT2D eigenvalue weighted by Gasteiger charge is 2.13. The van der Waals surface area contributed by atoms with Crippen LogP contribution in [0.5, 0.6) is 0 Å². The number of benzene rings is 1. The number of hydrogen-bond donors (Lipinski definition) is 0. The normalized spacial score (nSPS) is 10.8. The van der Waals surface area contributed by atoms with Gasteiger partial charge in [-0.15, -0.1) is 11.8 Å². The van der Waals surface area contributed by atoms with Crippen LogP contribution in [0.25, 0.3) is 0 Å². The molecule has 1 heterocycles. The molecule has 2 nitrogen and oxygen atoms in total. The first kappa shape index (κ1) is 13.7. The van der Waals surface area contributed by atoms with Gasteiger partial charge >= 0.3 is 0 Å². The lowest BCUT2D eigenvalue weighted by Gasteiger charge is -2.05. The van der Waals surface area contributed by atoms with Gasteiger partial charge in [-0.05, 0) is 41.4 Å². The van der Waals surface area contributed by atoms with E-state index in [9.17, 15) is 0 Å². The van der Waals surface area contributed by atoms with Gasteiger partial charge in [0.05, 0.1) is 15.9 Å². The van der Waals surface area contributed by atoms with Crippen LogP contribution in [0.15, 0.2) is 39.7 Å². The van der Waals surface area contributed by atoms with Crippen molar-refractivity contribution in [3.05, 3.63) is 46.2 Å². The minimum absolute atomic E-state index is 0.920. The van der Waals surface area contributed by atoms with Gasteiger partial charge in [0.25, 0.3) is 0 Å². The first-order chi connectivity index (χ1) is 8.76. The fraction of sp³-hybridized carbons (Fsp3) is 0.357. The van der Waals surface area contributed by atoms with Gasteiger partial charge in [0.1, 0.15) is 0 Å². The van der Waals surface area contributed by atoms with E-state index in [-0.39, 0.29) is 0 Å². The van der Waals surface area contributed by atoms with Crippen molar-refractivity contribution >= 4 is 27.7 Å². The number of rotatable bonds is 5. The number of thioether (sulfide) groups is 1. The Kier molecular flexibility index (Phi) is 4.89. The summed E-state index contributed by atoms with van der Waals surface area (Å²) in [5.41, 5.74) is 2.43. The first-order valence-electron chi connectivity index (χ1n) is 6.18. The van der Waals surface area contributed by atoms with Crippen LogP contribution in [0.2, 0.25) is 0 Å². The van der Waals surface area contributed by atoms with Crippen molar-refractivity contribution < 1.29 is 0 Å². The van der Waals surface area contributed by atoms with Crippen LogP contribution in [0.3, 0.4) is 0 Å². The number of aromatic nitrogens is 2. The van der Waals surface area contributed by atoms with Gasteiger partial charge < -0.3 is 0 Å². The second-order valence-electron chi connectivity index (χ2n) is 3.98. The van der Waals surface area contributed by atoms with Gasteiger partial charge in [0.15, 0.2) is 0 Å². The molecule has 96 valence electrons. The molecule has 0 unspecified atom stereocenters. The molecule has 0 aliphatic carbocycles. The van der Waals surface area contributed by atoms with Crippen LogP contribution in [-0.2, 0) is 18.7 Å². The van der Waals surface area contributed by atoms with E-state index in [1.807, 2.05) is 17.8 Å². The molecule has 0 spiro atoms. The van der Waals surface area contributed by atoms with Gasteiger partial charge in [0.2, 0.25) is 0 Å². The molecule has 4 heteroatoms. The average Bonchev–Trinajstić information content (AvgIpc) is 2.73. The molecule has 2 aromatic rings. The Balaban J connectivity index is 2.16. The zero-order valence-electron chi connectivity index (χ0n) is 10.7. The van der Waals surface area contributed by atoms with E-state index in [0.29, 0.717) is 0 Å². The summed E-state index contributed by atoms with van der Waals surface area (Å²) in [7, 11) is 0. The number of halogens is 1. The topological polar surface area (TPSA) is 17.8 Å². The molecule has 18 heavy (non-hydrogen) atoms. The van der Waals surface area contributed by atoms with Crippen LogP contribution < -0.4 is 0 Å². The maximum absolute atomic E-state index is 4.62. The van der Waals surface area contributed by atoms with E-state index in [1.54, 1.807) is 0 Å². The molecular formula is C14H17BrN2S. The van der Waals surface area contributed by atoms with Crippen molar-refractivity contribution in [1.82, 2.24) is 9.78 Å². The average molecular weight is 325 g/mol. The Morgan fingerprint density at radius 3 is 2.56 bits per heavy atom. The Morgan fingerprint density at radius 1 is 1.22 bits per heavy atom. The van der Waals surface area contributed by atoms with E-state index >= 15 is 0 Å². The third-order valence-corrected chi connectivity index (χ3v) is 4.75. The van der Waals surface area contributed by atoms with Crippen LogP contribution in [0.4, 0.5) is 0 Å². The first-order valence-corrected chi connectivity index (χ1v) is 7.96. The van der Waals surface area contributed by atoms with Crippen molar-refractivity contribution in [3.8, 4) is 0 Å². The van der Waals surface area contributed by atoms with Crippen LogP contribution in [-0.4, -0.2) is 9.78 Å². The van der Waals surface area contributed by atoms with Crippen molar-refractivity contribution in [2.45, 2.75) is 37.5 Å². The maximum atomic E-state index is 4.62. The fourth-order valence-electron chi connectivity index (χ4n) is 1.82. The zero-order valence-corrected chi connectivity index (χ0v) is 13.1. The summed E-state index contributed by atoms with van der Waals surface area (Å²) in [6.45, 7) is 5.19. The standard InChI is InChI=1S/C14H17BrN2S/c1-3-12-14(15)13(17(4-2)16-12)10-18-11-8-6-5-7-9-11/h5-9H,3-4,10H2,1-2H3. The van der Waals surface area contributed by atoms with Gasteiger partial charge in [-0.1, -0.05) is 25.1 Å². The van der Waals surface area contributed by atoms with Gasteiger partial charge in [-0.2, -0.15) is 5.10 Å². The number of nitrogens with zero attached hydrogens (tertiary/aromatic N) is 2. The van der Waals surface area contributed by atoms with Gasteiger partial charge in [-0.3, -0.25) is 4.68 Å². The molecule has 0 saturated heterocycles. The second kappa shape index (κ2) is 6.43. The Labute approximate surface area is 121 Å². The van der Waals surface area contributed by atoms with Crippen LogP contribution in [0, 0.1) is 0 Å². The number of hydrogen-bond acceptors (Lipinski definition) is 2. The Morgan fingerprint density at radius 2 is 1.94 bits per heavy atom. The largest absolute Gasteiger partial charge is 0.268 e. The molecule has 0 fully saturated rings. The van der Waals surface area contributed by atoms with E-state index in [2.05, 4.69) is 63.8 Å². The molecule has 0 bridgehead atoms. The Hall–Kier alpha value is -0.740. The molecule has 1 aromatic heterocycles. The van der Waals surface area contributed by atoms with Crippen molar-refractivity contribution in [2.75, 3.05) is 0 Å². The maximum Gasteiger partial charge on any atom is 0.0767 e. The summed E-state index contributed by atoms with van der Waals surface area (Å²) in [5.74, 6) is 0.950. The lowest BCUT2D eigenvalue weighted by molar-refractivity contribution is 0.627. The van der Waals surface area contributed by atoms with Crippen molar-refractivity contribution in [1.29, 1.82) is 0 Å². The highest BCUT2D eigenvalue weighted by atomic mass is 79.9. The van der Waals surface area contributed by atoms with E-state index < -0.39 is 0 Å². The number of aryl methyl sites for hydroxylation is 2. The summed E-state index contributed by atoms with van der Waals surface area (Å²) in [5, 5.41) is 4.62. The molecule has 0 aliphatic rings. The molecule has 0 atom stereocenters. The molecule has 0 amide bonds. The van der Waals surface area contributed by atoms with E-state index in [1.165, 1.54) is 15.1 Å². The smallest absolute Gasteiger partial charge is 0.0767 e. The monoisotopic (exact) mass is 324 g/mol. The van der Waals surface area contributed by atoms with Crippen LogP contribution >= 0.6 is 27.7 Å². The fourth-order valence-corrected chi connectivity index (χ4v) is 3.66. The molecule has 0 N–H and O–H groups in total. The molecular weight excluding hydrogens is 308 g/mol. The quantitative estimate of drug-likeness (QED) is 0.752. The molecule has 1 aromatic carbocycles. The summed E-state index contributed by atoms with van der Waals surface area (Å²) < 4.78 is 3.27. The van der Waals surface area contributed by atoms with E-state index in [0.717, 1.165) is 24.4 Å². The van der Waals surface area contributed by atoms with Crippen molar-refractivity contribution in [2.24, 2.45) is 0 Å². The SMILES string of the molecule is CCc1nn(CC)c(CSc2ccccc2)c1Br.